The van der Waals surface area contributed by atoms with Gasteiger partial charge in [0.1, 0.15) is 0 Å². The molecule has 0 saturated heterocycles. The number of benzene rings is 2. The smallest absolute Gasteiger partial charge is 0.303 e. The Morgan fingerprint density at radius 2 is 1.39 bits per heavy atom. The van der Waals surface area contributed by atoms with E-state index in [2.05, 4.69) is 18.5 Å². The van der Waals surface area contributed by atoms with Crippen molar-refractivity contribution in [2.24, 2.45) is 11.7 Å². The fourth-order valence-electron chi connectivity index (χ4n) is 4.26. The summed E-state index contributed by atoms with van der Waals surface area (Å²) in [5.41, 5.74) is 10.2. The molecule has 216 valence electrons. The van der Waals surface area contributed by atoms with Crippen molar-refractivity contribution in [3.8, 4) is 11.1 Å². The quantitative estimate of drug-likeness (QED) is 0.197. The van der Waals surface area contributed by atoms with Crippen molar-refractivity contribution >= 4 is 35.1 Å². The maximum atomic E-state index is 12.8. The zero-order valence-electron chi connectivity index (χ0n) is 22.9. The summed E-state index contributed by atoms with van der Waals surface area (Å²) in [4.78, 5) is 59.1. The molecule has 2 aromatic carbocycles. The third-order valence-electron chi connectivity index (χ3n) is 6.59. The molecule has 9 nitrogen and oxygen atoms in total. The first-order valence-corrected chi connectivity index (χ1v) is 13.2. The Balaban J connectivity index is 2.00. The van der Waals surface area contributed by atoms with Gasteiger partial charge in [0.25, 0.3) is 0 Å². The lowest BCUT2D eigenvalue weighted by molar-refractivity contribution is -0.139. The van der Waals surface area contributed by atoms with Crippen molar-refractivity contribution in [3.05, 3.63) is 91.0 Å². The Kier molecular flexibility index (Phi) is 12.9. The average molecular weight is 561 g/mol. The molecule has 0 bridgehead atoms. The third-order valence-corrected chi connectivity index (χ3v) is 6.59. The van der Waals surface area contributed by atoms with Crippen LogP contribution in [0.4, 0.5) is 0 Å². The summed E-state index contributed by atoms with van der Waals surface area (Å²) in [6.45, 7) is 7.55. The van der Waals surface area contributed by atoms with Crippen molar-refractivity contribution in [1.82, 2.24) is 5.32 Å². The number of carbonyl (C=O) groups excluding carboxylic acids is 3. The van der Waals surface area contributed by atoms with Crippen LogP contribution in [0, 0.1) is 5.92 Å². The molecule has 0 spiro atoms. The van der Waals surface area contributed by atoms with Crippen LogP contribution in [0.1, 0.15) is 49.7 Å². The van der Waals surface area contributed by atoms with Crippen molar-refractivity contribution in [1.29, 1.82) is 0 Å². The molecule has 0 aliphatic carbocycles. The van der Waals surface area contributed by atoms with E-state index >= 15 is 0 Å². The average Bonchev–Trinajstić information content (AvgIpc) is 2.95. The van der Waals surface area contributed by atoms with E-state index < -0.39 is 41.5 Å². The number of nitrogens with two attached hydrogens (primary N) is 1. The number of carboxylic acids is 2. The van der Waals surface area contributed by atoms with E-state index in [-0.39, 0.29) is 38.5 Å². The largest absolute Gasteiger partial charge is 0.481 e. The number of hydrogen-bond acceptors (Lipinski definition) is 5. The molecule has 0 radical (unpaired) electrons. The molecule has 0 heterocycles. The van der Waals surface area contributed by atoms with Gasteiger partial charge < -0.3 is 21.3 Å². The second-order valence-electron chi connectivity index (χ2n) is 9.59. The Morgan fingerprint density at radius 3 is 1.90 bits per heavy atom. The topological polar surface area (TPSA) is 164 Å². The predicted octanol–water partition coefficient (Wildman–Crippen LogP) is 4.32. The van der Waals surface area contributed by atoms with Crippen LogP contribution in [-0.4, -0.2) is 45.8 Å². The third kappa shape index (κ3) is 11.1. The Hall–Kier alpha value is -4.79. The number of nitrogens with one attached hydrogen (secondary N) is 1. The van der Waals surface area contributed by atoms with Gasteiger partial charge in [-0.15, -0.1) is 0 Å². The fourth-order valence-corrected chi connectivity index (χ4v) is 4.26. The first kappa shape index (κ1) is 32.4. The second kappa shape index (κ2) is 16.3. The normalized spacial score (nSPS) is 12.5. The van der Waals surface area contributed by atoms with Crippen LogP contribution in [0.15, 0.2) is 79.9 Å². The molecule has 0 fully saturated rings. The monoisotopic (exact) mass is 560 g/mol. The van der Waals surface area contributed by atoms with Crippen LogP contribution in [0.5, 0.6) is 0 Å². The van der Waals surface area contributed by atoms with Gasteiger partial charge in [-0.3, -0.25) is 24.0 Å². The van der Waals surface area contributed by atoms with E-state index in [4.69, 9.17) is 15.9 Å². The van der Waals surface area contributed by atoms with E-state index in [1.165, 1.54) is 0 Å². The molecule has 5 N–H and O–H groups in total. The minimum absolute atomic E-state index is 0.0587. The molecule has 2 aromatic rings. The summed E-state index contributed by atoms with van der Waals surface area (Å²) >= 11 is 0. The number of amides is 2. The highest BCUT2D eigenvalue weighted by Gasteiger charge is 2.27. The molecule has 9 heteroatoms. The van der Waals surface area contributed by atoms with Crippen molar-refractivity contribution in [2.45, 2.75) is 51.0 Å². The molecule has 0 saturated carbocycles. The van der Waals surface area contributed by atoms with Gasteiger partial charge in [-0.2, -0.15) is 0 Å². The lowest BCUT2D eigenvalue weighted by Crippen LogP contribution is -2.43. The molecule has 0 aliphatic heterocycles. The first-order chi connectivity index (χ1) is 19.5. The molecule has 0 aromatic heterocycles. The Labute approximate surface area is 239 Å². The summed E-state index contributed by atoms with van der Waals surface area (Å²) < 4.78 is 0. The van der Waals surface area contributed by atoms with Crippen LogP contribution in [0.2, 0.25) is 0 Å². The van der Waals surface area contributed by atoms with Crippen LogP contribution in [-0.2, 0) is 30.4 Å². The molecular formula is C32H36N2O7. The van der Waals surface area contributed by atoms with E-state index in [0.717, 1.165) is 27.8 Å². The van der Waals surface area contributed by atoms with Gasteiger partial charge in [0.2, 0.25) is 11.8 Å². The highest BCUT2D eigenvalue weighted by atomic mass is 16.4. The fraction of sp³-hybridized carbons (Fsp3) is 0.281. The van der Waals surface area contributed by atoms with Gasteiger partial charge in [-0.25, -0.2) is 0 Å². The Morgan fingerprint density at radius 1 is 0.829 bits per heavy atom. The molecule has 0 aliphatic rings. The zero-order valence-corrected chi connectivity index (χ0v) is 22.9. The summed E-state index contributed by atoms with van der Waals surface area (Å²) in [5.74, 6) is -5.13. The maximum absolute atomic E-state index is 12.8. The van der Waals surface area contributed by atoms with Crippen LogP contribution in [0.25, 0.3) is 16.7 Å². The number of hydrogen-bond donors (Lipinski definition) is 4. The molecule has 41 heavy (non-hydrogen) atoms. The summed E-state index contributed by atoms with van der Waals surface area (Å²) in [7, 11) is 0. The number of allylic oxidation sites excluding steroid dienone is 4. The van der Waals surface area contributed by atoms with Gasteiger partial charge in [0, 0.05) is 31.6 Å². The van der Waals surface area contributed by atoms with Gasteiger partial charge in [-0.1, -0.05) is 79.9 Å². The van der Waals surface area contributed by atoms with Crippen molar-refractivity contribution in [2.75, 3.05) is 0 Å². The summed E-state index contributed by atoms with van der Waals surface area (Å²) in [5, 5.41) is 20.5. The maximum Gasteiger partial charge on any atom is 0.303 e. The Bertz CT molecular complexity index is 1290. The molecule has 2 rings (SSSR count). The molecule has 2 atom stereocenters. The van der Waals surface area contributed by atoms with E-state index in [1.54, 1.807) is 12.2 Å². The number of aliphatic carboxylic acids is 2. The zero-order chi connectivity index (χ0) is 30.4. The van der Waals surface area contributed by atoms with Crippen LogP contribution >= 0.6 is 0 Å². The number of carboxylic acid groups (broad SMARTS) is 2. The minimum atomic E-state index is -1.14. The van der Waals surface area contributed by atoms with Gasteiger partial charge in [0.05, 0.1) is 6.04 Å². The standard InChI is InChI=1S/C32H36N2O7/c1-3-5-22(4-2)23-11-13-25(14-12-23)24-9-6-21(7-10-24)8-17-29(36)34-27(16-19-31(39)40)28(35)20-26(32(33)41)15-18-30(37)38/h3-7,9-14,26-27H,1-2,8,15-20H2,(H2,33,41)(H,34,36)(H,37,38)(H,39,40)/b22-5+/t26?,27-/m0/s1. The summed E-state index contributed by atoms with van der Waals surface area (Å²) in [6.07, 6.45) is 4.44. The van der Waals surface area contributed by atoms with Crippen LogP contribution in [0.3, 0.4) is 0 Å². The SMILES string of the molecule is C=C/C=C(\C=C)c1ccc(-c2ccc(CCC(=O)N[C@@H](CCC(=O)O)C(=O)CC(CCC(=O)O)C(N)=O)cc2)cc1. The number of aryl methyl sites for hydroxylation is 1. The van der Waals surface area contributed by atoms with Crippen molar-refractivity contribution < 1.29 is 34.2 Å². The second-order valence-corrected chi connectivity index (χ2v) is 9.59. The van der Waals surface area contributed by atoms with E-state index in [1.807, 2.05) is 54.6 Å². The van der Waals surface area contributed by atoms with Gasteiger partial charge >= 0.3 is 11.9 Å². The number of primary amides is 1. The highest BCUT2D eigenvalue weighted by molar-refractivity contribution is 5.92. The molecule has 1 unspecified atom stereocenters. The lowest BCUT2D eigenvalue weighted by Gasteiger charge is -2.19. The van der Waals surface area contributed by atoms with Crippen LogP contribution < -0.4 is 11.1 Å². The van der Waals surface area contributed by atoms with E-state index in [0.29, 0.717) is 6.42 Å². The number of carbonyl (C=O) groups is 5. The number of Topliss-reactive ketones (excluding diaryl/α,β-unsaturated/α-hetero) is 1. The number of ketones is 1. The lowest BCUT2D eigenvalue weighted by atomic mass is 9.92. The number of rotatable bonds is 18. The minimum Gasteiger partial charge on any atom is -0.481 e. The highest BCUT2D eigenvalue weighted by Crippen LogP contribution is 2.24. The van der Waals surface area contributed by atoms with Gasteiger partial charge in [0.15, 0.2) is 5.78 Å². The molecule has 2 amide bonds. The predicted molar refractivity (Wildman–Crippen MR) is 157 cm³/mol. The first-order valence-electron chi connectivity index (χ1n) is 13.2. The molecular weight excluding hydrogens is 524 g/mol. The van der Waals surface area contributed by atoms with E-state index in [9.17, 15) is 24.0 Å². The summed E-state index contributed by atoms with van der Waals surface area (Å²) in [6, 6.07) is 14.6. The van der Waals surface area contributed by atoms with Crippen molar-refractivity contribution in [3.63, 3.8) is 0 Å². The van der Waals surface area contributed by atoms with Gasteiger partial charge in [-0.05, 0) is 47.1 Å².